The first-order chi connectivity index (χ1) is 9.49. The summed E-state index contributed by atoms with van der Waals surface area (Å²) in [5.74, 6) is -0.289. The van der Waals surface area contributed by atoms with Crippen LogP contribution in [0, 0.1) is 0 Å². The van der Waals surface area contributed by atoms with Gasteiger partial charge in [-0.2, -0.15) is 0 Å². The van der Waals surface area contributed by atoms with E-state index in [0.717, 1.165) is 25.9 Å². The van der Waals surface area contributed by atoms with Gasteiger partial charge in [-0.05, 0) is 31.0 Å². The second kappa shape index (κ2) is 5.81. The van der Waals surface area contributed by atoms with Gasteiger partial charge in [0.2, 0.25) is 5.91 Å². The summed E-state index contributed by atoms with van der Waals surface area (Å²) in [6, 6.07) is 4.76. The van der Waals surface area contributed by atoms with Gasteiger partial charge in [-0.3, -0.25) is 9.59 Å². The summed E-state index contributed by atoms with van der Waals surface area (Å²) in [5.41, 5.74) is 12.6. The molecule has 0 bridgehead atoms. The molecule has 0 radical (unpaired) electrons. The van der Waals surface area contributed by atoms with E-state index in [1.807, 2.05) is 0 Å². The van der Waals surface area contributed by atoms with Gasteiger partial charge in [0, 0.05) is 31.5 Å². The van der Waals surface area contributed by atoms with Crippen LogP contribution < -0.4 is 11.5 Å². The standard InChI is InChI=1S/C14H20N4O2/c1-17(9-13(19)18-6-2-3-7-18)14(20)11-5-4-10(15)8-12(11)16/h4-5,8H,2-3,6-7,9,15-16H2,1H3. The van der Waals surface area contributed by atoms with Crippen molar-refractivity contribution in [3.8, 4) is 0 Å². The quantitative estimate of drug-likeness (QED) is 0.788. The summed E-state index contributed by atoms with van der Waals surface area (Å²) >= 11 is 0. The predicted octanol–water partition coefficient (Wildman–Crippen LogP) is 0.545. The average Bonchev–Trinajstić information content (AvgIpc) is 2.91. The van der Waals surface area contributed by atoms with Crippen molar-refractivity contribution in [1.29, 1.82) is 0 Å². The Bertz CT molecular complexity index is 524. The van der Waals surface area contributed by atoms with E-state index in [-0.39, 0.29) is 18.4 Å². The Morgan fingerprint density at radius 2 is 1.90 bits per heavy atom. The SMILES string of the molecule is CN(CC(=O)N1CCCC1)C(=O)c1ccc(N)cc1N. The molecule has 1 aromatic carbocycles. The molecule has 0 atom stereocenters. The minimum atomic E-state index is -0.268. The number of hydrogen-bond acceptors (Lipinski definition) is 4. The van der Waals surface area contributed by atoms with Crippen molar-refractivity contribution in [2.75, 3.05) is 38.1 Å². The maximum absolute atomic E-state index is 12.3. The van der Waals surface area contributed by atoms with Crippen LogP contribution in [-0.2, 0) is 4.79 Å². The van der Waals surface area contributed by atoms with Crippen LogP contribution in [0.4, 0.5) is 11.4 Å². The molecule has 1 saturated heterocycles. The summed E-state index contributed by atoms with van der Waals surface area (Å²) in [6.45, 7) is 1.64. The second-order valence-electron chi connectivity index (χ2n) is 5.10. The minimum Gasteiger partial charge on any atom is -0.399 e. The fourth-order valence-electron chi connectivity index (χ4n) is 2.32. The molecule has 2 amide bonds. The zero-order valence-electron chi connectivity index (χ0n) is 11.6. The third-order valence-corrected chi connectivity index (χ3v) is 3.48. The average molecular weight is 276 g/mol. The normalized spacial score (nSPS) is 14.3. The molecular weight excluding hydrogens is 256 g/mol. The van der Waals surface area contributed by atoms with Gasteiger partial charge in [0.15, 0.2) is 0 Å². The lowest BCUT2D eigenvalue weighted by Crippen LogP contribution is -2.40. The molecule has 108 valence electrons. The van der Waals surface area contributed by atoms with Crippen molar-refractivity contribution in [3.63, 3.8) is 0 Å². The highest BCUT2D eigenvalue weighted by atomic mass is 16.2. The van der Waals surface area contributed by atoms with Gasteiger partial charge in [0.05, 0.1) is 12.1 Å². The number of amides is 2. The first-order valence-corrected chi connectivity index (χ1v) is 6.67. The molecule has 6 heteroatoms. The lowest BCUT2D eigenvalue weighted by atomic mass is 10.1. The molecule has 0 spiro atoms. The van der Waals surface area contributed by atoms with Crippen LogP contribution in [0.2, 0.25) is 0 Å². The van der Waals surface area contributed by atoms with Crippen molar-refractivity contribution in [3.05, 3.63) is 23.8 Å². The third-order valence-electron chi connectivity index (χ3n) is 3.48. The van der Waals surface area contributed by atoms with Gasteiger partial charge < -0.3 is 21.3 Å². The highest BCUT2D eigenvalue weighted by molar-refractivity contribution is 6.01. The minimum absolute atomic E-state index is 0.0210. The molecule has 0 aliphatic carbocycles. The van der Waals surface area contributed by atoms with Crippen LogP contribution in [-0.4, -0.2) is 48.3 Å². The molecule has 1 fully saturated rings. The van der Waals surface area contributed by atoms with Crippen molar-refractivity contribution < 1.29 is 9.59 Å². The highest BCUT2D eigenvalue weighted by Crippen LogP contribution is 2.17. The number of hydrogen-bond donors (Lipinski definition) is 2. The molecule has 2 rings (SSSR count). The number of nitrogens with zero attached hydrogens (tertiary/aromatic N) is 2. The predicted molar refractivity (Wildman–Crippen MR) is 78.0 cm³/mol. The van der Waals surface area contributed by atoms with Crippen molar-refractivity contribution in [1.82, 2.24) is 9.80 Å². The molecule has 0 aromatic heterocycles. The van der Waals surface area contributed by atoms with Crippen molar-refractivity contribution >= 4 is 23.2 Å². The van der Waals surface area contributed by atoms with Crippen molar-refractivity contribution in [2.24, 2.45) is 0 Å². The Kier molecular flexibility index (Phi) is 4.12. The molecule has 1 aromatic rings. The van der Waals surface area contributed by atoms with E-state index < -0.39 is 0 Å². The van der Waals surface area contributed by atoms with Crippen molar-refractivity contribution in [2.45, 2.75) is 12.8 Å². The summed E-state index contributed by atoms with van der Waals surface area (Å²) in [6.07, 6.45) is 2.07. The third kappa shape index (κ3) is 3.01. The lowest BCUT2D eigenvalue weighted by molar-refractivity contribution is -0.130. The largest absolute Gasteiger partial charge is 0.399 e. The zero-order valence-corrected chi connectivity index (χ0v) is 11.6. The van der Waals surface area contributed by atoms with E-state index in [4.69, 9.17) is 11.5 Å². The van der Waals surface area contributed by atoms with Gasteiger partial charge in [0.1, 0.15) is 0 Å². The topological polar surface area (TPSA) is 92.7 Å². The second-order valence-corrected chi connectivity index (χ2v) is 5.10. The number of carbonyl (C=O) groups excluding carboxylic acids is 2. The van der Waals surface area contributed by atoms with Gasteiger partial charge >= 0.3 is 0 Å². The lowest BCUT2D eigenvalue weighted by Gasteiger charge is -2.22. The fourth-order valence-corrected chi connectivity index (χ4v) is 2.32. The van der Waals surface area contributed by atoms with Gasteiger partial charge in [-0.25, -0.2) is 0 Å². The molecule has 6 nitrogen and oxygen atoms in total. The fraction of sp³-hybridized carbons (Fsp3) is 0.429. The number of nitrogens with two attached hydrogens (primary N) is 2. The van der Waals surface area contributed by atoms with E-state index in [9.17, 15) is 9.59 Å². The van der Waals surface area contributed by atoms with Gasteiger partial charge in [0.25, 0.3) is 5.91 Å². The molecule has 0 saturated carbocycles. The van der Waals surface area contributed by atoms with Crippen LogP contribution in [0.25, 0.3) is 0 Å². The number of carbonyl (C=O) groups is 2. The first kappa shape index (κ1) is 14.2. The number of anilines is 2. The van der Waals surface area contributed by atoms with Gasteiger partial charge in [-0.15, -0.1) is 0 Å². The molecule has 20 heavy (non-hydrogen) atoms. The summed E-state index contributed by atoms with van der Waals surface area (Å²) < 4.78 is 0. The molecule has 0 unspecified atom stereocenters. The molecule has 1 aliphatic heterocycles. The summed E-state index contributed by atoms with van der Waals surface area (Å²) in [4.78, 5) is 27.5. The number of nitrogen functional groups attached to an aromatic ring is 2. The number of likely N-dealkylation sites (tertiary alicyclic amines) is 1. The van der Waals surface area contributed by atoms with E-state index in [2.05, 4.69) is 0 Å². The molecule has 1 aliphatic rings. The zero-order chi connectivity index (χ0) is 14.7. The summed E-state index contributed by atoms with van der Waals surface area (Å²) in [5, 5.41) is 0. The molecule has 1 heterocycles. The van der Waals surface area contributed by atoms with E-state index >= 15 is 0 Å². The van der Waals surface area contributed by atoms with E-state index in [1.54, 1.807) is 30.1 Å². The Labute approximate surface area is 118 Å². The number of rotatable bonds is 3. The highest BCUT2D eigenvalue weighted by Gasteiger charge is 2.22. The number of likely N-dealkylation sites (N-methyl/N-ethyl adjacent to an activating group) is 1. The maximum atomic E-state index is 12.3. The Hall–Kier alpha value is -2.24. The van der Waals surface area contributed by atoms with Crippen LogP contribution in [0.1, 0.15) is 23.2 Å². The van der Waals surface area contributed by atoms with Crippen LogP contribution in [0.3, 0.4) is 0 Å². The van der Waals surface area contributed by atoms with E-state index in [0.29, 0.717) is 16.9 Å². The van der Waals surface area contributed by atoms with E-state index in [1.165, 1.54) is 4.90 Å². The van der Waals surface area contributed by atoms with Gasteiger partial charge in [-0.1, -0.05) is 0 Å². The molecule has 4 N–H and O–H groups in total. The Morgan fingerprint density at radius 3 is 2.50 bits per heavy atom. The smallest absolute Gasteiger partial charge is 0.256 e. The first-order valence-electron chi connectivity index (χ1n) is 6.67. The van der Waals surface area contributed by atoms with Crippen LogP contribution in [0.15, 0.2) is 18.2 Å². The Morgan fingerprint density at radius 1 is 1.25 bits per heavy atom. The number of benzene rings is 1. The molecular formula is C14H20N4O2. The van der Waals surface area contributed by atoms with Crippen LogP contribution in [0.5, 0.6) is 0 Å². The monoisotopic (exact) mass is 276 g/mol. The maximum Gasteiger partial charge on any atom is 0.256 e. The Balaban J connectivity index is 2.02. The van der Waals surface area contributed by atoms with Crippen LogP contribution >= 0.6 is 0 Å². The summed E-state index contributed by atoms with van der Waals surface area (Å²) in [7, 11) is 1.60.